The fourth-order valence-electron chi connectivity index (χ4n) is 1.84. The van der Waals surface area contributed by atoms with E-state index in [4.69, 9.17) is 5.73 Å². The Hall–Kier alpha value is -3.42. The third-order valence-electron chi connectivity index (χ3n) is 3.06. The highest BCUT2D eigenvalue weighted by atomic mass is 16.3. The summed E-state index contributed by atoms with van der Waals surface area (Å²) in [5.74, 6) is -2.89. The van der Waals surface area contributed by atoms with Crippen molar-refractivity contribution in [2.45, 2.75) is 6.92 Å². The van der Waals surface area contributed by atoms with E-state index in [1.165, 1.54) is 0 Å². The van der Waals surface area contributed by atoms with Gasteiger partial charge in [0.1, 0.15) is 0 Å². The van der Waals surface area contributed by atoms with E-state index in [1.54, 1.807) is 24.3 Å². The Kier molecular flexibility index (Phi) is 4.26. The van der Waals surface area contributed by atoms with Crippen LogP contribution in [-0.4, -0.2) is 27.3 Å². The first-order valence-electron chi connectivity index (χ1n) is 6.51. The highest BCUT2D eigenvalue weighted by Crippen LogP contribution is 2.35. The van der Waals surface area contributed by atoms with E-state index < -0.39 is 29.2 Å². The Balaban J connectivity index is 2.28. The average molecular weight is 317 g/mol. The van der Waals surface area contributed by atoms with Crippen molar-refractivity contribution in [3.8, 4) is 17.2 Å². The standard InChI is InChI=1S/C15H15N3O5/c1-8-2-4-10(5-3-8)18(15(16)23)17-14(22)9-6-11(19)13(21)12(20)7-9/h2-7,19-21H,1H3,(H2,16,23)(H,17,22). The molecule has 2 rings (SSSR count). The number of nitrogens with two attached hydrogens (primary N) is 1. The second-order valence-electron chi connectivity index (χ2n) is 4.81. The molecule has 3 amide bonds. The third kappa shape index (κ3) is 3.43. The minimum absolute atomic E-state index is 0.170. The van der Waals surface area contributed by atoms with Crippen LogP contribution in [0.25, 0.3) is 0 Å². The van der Waals surface area contributed by atoms with Gasteiger partial charge in [0.2, 0.25) is 0 Å². The minimum Gasteiger partial charge on any atom is -0.504 e. The molecule has 2 aromatic rings. The molecule has 0 radical (unpaired) electrons. The summed E-state index contributed by atoms with van der Waals surface area (Å²) in [6.45, 7) is 1.86. The molecule has 0 atom stereocenters. The zero-order valence-electron chi connectivity index (χ0n) is 12.1. The van der Waals surface area contributed by atoms with E-state index in [1.807, 2.05) is 6.92 Å². The predicted molar refractivity (Wildman–Crippen MR) is 82.1 cm³/mol. The van der Waals surface area contributed by atoms with Gasteiger partial charge >= 0.3 is 6.03 Å². The first-order valence-corrected chi connectivity index (χ1v) is 6.51. The fraction of sp³-hybridized carbons (Fsp3) is 0.0667. The van der Waals surface area contributed by atoms with Crippen LogP contribution >= 0.6 is 0 Å². The van der Waals surface area contributed by atoms with Crippen LogP contribution in [0, 0.1) is 6.92 Å². The predicted octanol–water partition coefficient (Wildman–Crippen LogP) is 1.34. The number of aromatic hydroxyl groups is 3. The number of carbonyl (C=O) groups is 2. The molecule has 2 aromatic carbocycles. The number of phenols is 3. The SMILES string of the molecule is Cc1ccc(N(NC(=O)c2cc(O)c(O)c(O)c2)C(N)=O)cc1. The third-order valence-corrected chi connectivity index (χ3v) is 3.06. The summed E-state index contributed by atoms with van der Waals surface area (Å²) in [5, 5.41) is 28.9. The topological polar surface area (TPSA) is 136 Å². The Morgan fingerprint density at radius 1 is 1.04 bits per heavy atom. The lowest BCUT2D eigenvalue weighted by atomic mass is 10.1. The Labute approximate surface area is 131 Å². The van der Waals surface area contributed by atoms with Crippen molar-refractivity contribution in [3.05, 3.63) is 47.5 Å². The fourth-order valence-corrected chi connectivity index (χ4v) is 1.84. The van der Waals surface area contributed by atoms with Crippen molar-refractivity contribution in [2.75, 3.05) is 5.01 Å². The number of nitrogens with one attached hydrogen (secondary N) is 1. The molecule has 0 aliphatic heterocycles. The summed E-state index contributed by atoms with van der Waals surface area (Å²) in [4.78, 5) is 23.7. The minimum atomic E-state index is -0.922. The van der Waals surface area contributed by atoms with Crippen LogP contribution in [0.5, 0.6) is 17.2 Å². The van der Waals surface area contributed by atoms with Gasteiger partial charge in [-0.3, -0.25) is 10.2 Å². The van der Waals surface area contributed by atoms with E-state index in [0.29, 0.717) is 5.69 Å². The Bertz CT molecular complexity index is 735. The highest BCUT2D eigenvalue weighted by molar-refractivity contribution is 6.01. The van der Waals surface area contributed by atoms with Gasteiger partial charge in [0.15, 0.2) is 17.2 Å². The number of carbonyl (C=O) groups excluding carboxylic acids is 2. The first kappa shape index (κ1) is 16.0. The molecule has 0 heterocycles. The van der Waals surface area contributed by atoms with Crippen LogP contribution < -0.4 is 16.2 Å². The largest absolute Gasteiger partial charge is 0.504 e. The van der Waals surface area contributed by atoms with Crippen molar-refractivity contribution in [1.29, 1.82) is 0 Å². The number of hydrogen-bond acceptors (Lipinski definition) is 5. The maximum Gasteiger partial charge on any atom is 0.338 e. The van der Waals surface area contributed by atoms with Gasteiger partial charge in [0.05, 0.1) is 5.69 Å². The molecular weight excluding hydrogens is 302 g/mol. The number of primary amides is 1. The summed E-state index contributed by atoms with van der Waals surface area (Å²) in [6, 6.07) is 7.61. The second kappa shape index (κ2) is 6.14. The number of aryl methyl sites for hydroxylation is 1. The van der Waals surface area contributed by atoms with Gasteiger partial charge < -0.3 is 21.1 Å². The summed E-state index contributed by atoms with van der Waals surface area (Å²) in [7, 11) is 0. The molecule has 23 heavy (non-hydrogen) atoms. The molecule has 0 spiro atoms. The van der Waals surface area contributed by atoms with Gasteiger partial charge in [-0.1, -0.05) is 17.7 Å². The molecule has 0 aromatic heterocycles. The zero-order chi connectivity index (χ0) is 17.1. The van der Waals surface area contributed by atoms with Gasteiger partial charge in [0, 0.05) is 5.56 Å². The number of rotatable bonds is 2. The number of hydrazine groups is 1. The normalized spacial score (nSPS) is 10.1. The van der Waals surface area contributed by atoms with Gasteiger partial charge in [-0.2, -0.15) is 0 Å². The van der Waals surface area contributed by atoms with Crippen molar-refractivity contribution < 1.29 is 24.9 Å². The van der Waals surface area contributed by atoms with Crippen LogP contribution in [0.15, 0.2) is 36.4 Å². The number of nitrogens with zero attached hydrogens (tertiary/aromatic N) is 1. The molecule has 6 N–H and O–H groups in total. The van der Waals surface area contributed by atoms with E-state index in [-0.39, 0.29) is 5.56 Å². The average Bonchev–Trinajstić information content (AvgIpc) is 2.50. The summed E-state index contributed by atoms with van der Waals surface area (Å²) < 4.78 is 0. The van der Waals surface area contributed by atoms with Crippen molar-refractivity contribution in [1.82, 2.24) is 5.43 Å². The molecule has 8 heteroatoms. The van der Waals surface area contributed by atoms with Gasteiger partial charge in [-0.25, -0.2) is 9.80 Å². The summed E-state index contributed by atoms with van der Waals surface area (Å²) in [5.41, 5.74) is 8.63. The second-order valence-corrected chi connectivity index (χ2v) is 4.81. The van der Waals surface area contributed by atoms with Crippen molar-refractivity contribution in [2.24, 2.45) is 5.73 Å². The molecule has 0 aliphatic rings. The molecule has 8 nitrogen and oxygen atoms in total. The maximum atomic E-state index is 12.2. The lowest BCUT2D eigenvalue weighted by Crippen LogP contribution is -2.49. The van der Waals surface area contributed by atoms with E-state index >= 15 is 0 Å². The zero-order valence-corrected chi connectivity index (χ0v) is 12.1. The highest BCUT2D eigenvalue weighted by Gasteiger charge is 2.19. The van der Waals surface area contributed by atoms with Crippen LogP contribution in [0.3, 0.4) is 0 Å². The van der Waals surface area contributed by atoms with Gasteiger partial charge in [0.25, 0.3) is 5.91 Å². The summed E-state index contributed by atoms with van der Waals surface area (Å²) >= 11 is 0. The van der Waals surface area contributed by atoms with Crippen LogP contribution in [-0.2, 0) is 0 Å². The van der Waals surface area contributed by atoms with E-state index in [2.05, 4.69) is 5.43 Å². The van der Waals surface area contributed by atoms with E-state index in [0.717, 1.165) is 22.7 Å². The Morgan fingerprint density at radius 3 is 2.04 bits per heavy atom. The van der Waals surface area contributed by atoms with Crippen LogP contribution in [0.1, 0.15) is 15.9 Å². The lowest BCUT2D eigenvalue weighted by molar-refractivity contribution is 0.0950. The number of benzene rings is 2. The molecular formula is C15H15N3O5. The molecule has 0 fully saturated rings. The number of phenolic OH excluding ortho intramolecular Hbond substituents is 3. The molecule has 0 bridgehead atoms. The number of hydrogen-bond donors (Lipinski definition) is 5. The number of amides is 3. The van der Waals surface area contributed by atoms with Crippen LogP contribution in [0.4, 0.5) is 10.5 Å². The van der Waals surface area contributed by atoms with Gasteiger partial charge in [-0.05, 0) is 31.2 Å². The first-order chi connectivity index (χ1) is 10.8. The quantitative estimate of drug-likeness (QED) is 0.420. The molecule has 0 saturated heterocycles. The summed E-state index contributed by atoms with van der Waals surface area (Å²) in [6.07, 6.45) is 0. The molecule has 0 saturated carbocycles. The Morgan fingerprint density at radius 2 is 1.57 bits per heavy atom. The monoisotopic (exact) mass is 317 g/mol. The van der Waals surface area contributed by atoms with Crippen LogP contribution in [0.2, 0.25) is 0 Å². The molecule has 0 unspecified atom stereocenters. The molecule has 120 valence electrons. The maximum absolute atomic E-state index is 12.2. The van der Waals surface area contributed by atoms with Crippen molar-refractivity contribution >= 4 is 17.6 Å². The molecule has 0 aliphatic carbocycles. The van der Waals surface area contributed by atoms with Crippen molar-refractivity contribution in [3.63, 3.8) is 0 Å². The number of urea groups is 1. The van der Waals surface area contributed by atoms with E-state index in [9.17, 15) is 24.9 Å². The lowest BCUT2D eigenvalue weighted by Gasteiger charge is -2.21. The number of anilines is 1. The van der Waals surface area contributed by atoms with Gasteiger partial charge in [-0.15, -0.1) is 0 Å². The smallest absolute Gasteiger partial charge is 0.338 e.